The molecule has 8 nitrogen and oxygen atoms in total. The van der Waals surface area contributed by atoms with E-state index in [1.165, 1.54) is 19.2 Å². The van der Waals surface area contributed by atoms with Gasteiger partial charge in [0, 0.05) is 62.7 Å². The summed E-state index contributed by atoms with van der Waals surface area (Å²) < 4.78 is 46.3. The van der Waals surface area contributed by atoms with Gasteiger partial charge in [0.1, 0.15) is 5.82 Å². The number of carbonyl (C=O) groups is 1. The predicted molar refractivity (Wildman–Crippen MR) is 150 cm³/mol. The molecule has 1 aliphatic rings. The van der Waals surface area contributed by atoms with Crippen LogP contribution in [-0.4, -0.2) is 57.1 Å². The number of hydrogen-bond acceptors (Lipinski definition) is 5. The number of benzene rings is 2. The van der Waals surface area contributed by atoms with E-state index >= 15 is 4.39 Å². The number of halogens is 3. The summed E-state index contributed by atoms with van der Waals surface area (Å²) in [6.45, 7) is 5.27. The molecule has 0 aliphatic carbocycles. The van der Waals surface area contributed by atoms with Gasteiger partial charge in [0.05, 0.1) is 34.3 Å². The molecule has 0 unspecified atom stereocenters. The van der Waals surface area contributed by atoms with E-state index in [0.717, 1.165) is 22.3 Å². The van der Waals surface area contributed by atoms with Gasteiger partial charge in [-0.2, -0.15) is 0 Å². The molecule has 1 N–H and O–H groups in total. The maximum absolute atomic E-state index is 15.8. The fourth-order valence-corrected chi connectivity index (χ4v) is 5.25. The number of aromatic nitrogens is 3. The minimum absolute atomic E-state index is 0.149. The lowest BCUT2D eigenvalue weighted by molar-refractivity contribution is 0.101. The molecule has 0 radical (unpaired) electrons. The highest BCUT2D eigenvalue weighted by Gasteiger charge is 2.30. The Morgan fingerprint density at radius 1 is 1.02 bits per heavy atom. The lowest BCUT2D eigenvalue weighted by atomic mass is 10.0. The Balaban J connectivity index is 1.62. The molecule has 1 amide bonds. The van der Waals surface area contributed by atoms with E-state index in [9.17, 15) is 18.4 Å². The number of nitrogens with one attached hydrogen (secondary N) is 1. The fraction of sp³-hybridized carbons (Fsp3) is 0.345. The van der Waals surface area contributed by atoms with Gasteiger partial charge < -0.3 is 19.4 Å². The van der Waals surface area contributed by atoms with Crippen LogP contribution in [0.15, 0.2) is 53.7 Å². The van der Waals surface area contributed by atoms with Crippen molar-refractivity contribution in [3.63, 3.8) is 0 Å². The number of imidazole rings is 1. The number of amides is 1. The van der Waals surface area contributed by atoms with E-state index in [1.54, 1.807) is 18.5 Å². The first-order valence-electron chi connectivity index (χ1n) is 13.0. The number of likely N-dealkylation sites (N-methyl/N-ethyl adjacent to an activating group) is 1. The molecule has 40 heavy (non-hydrogen) atoms. The minimum atomic E-state index is -3.03. The molecule has 210 valence electrons. The average molecular weight is 553 g/mol. The summed E-state index contributed by atoms with van der Waals surface area (Å²) in [5, 5.41) is 2.76. The van der Waals surface area contributed by atoms with Crippen LogP contribution >= 0.6 is 0 Å². The smallest absolute Gasteiger partial charge is 0.264 e. The van der Waals surface area contributed by atoms with Crippen LogP contribution in [0.1, 0.15) is 36.2 Å². The monoisotopic (exact) mass is 552 g/mol. The van der Waals surface area contributed by atoms with Gasteiger partial charge in [-0.15, -0.1) is 0 Å². The standard InChI is InChI=1S/C29H31F3N6O2/c1-16-12-38(13-17(2)37(16)5)26-11-22(30)19(18-6-7-25-23(8-18)33-15-36(25)4)9-24(26)34-29(40)21-14-35(3)27(39)10-20(21)28(31)32/h6-11,14-17,28H,12-13H2,1-5H3,(H,34,40)/t16-,17+. The SMILES string of the molecule is C[C@@H]1CN(c2cc(F)c(-c3ccc4c(c3)ncn4C)cc2NC(=O)c2cn(C)c(=O)cc2C(F)F)C[C@H](C)N1C. The molecule has 5 rings (SSSR count). The minimum Gasteiger partial charge on any atom is -0.367 e. The number of rotatable bonds is 5. The van der Waals surface area contributed by atoms with Crippen LogP contribution in [-0.2, 0) is 14.1 Å². The van der Waals surface area contributed by atoms with Gasteiger partial charge in [0.15, 0.2) is 0 Å². The van der Waals surface area contributed by atoms with E-state index in [-0.39, 0.29) is 28.9 Å². The molecular weight excluding hydrogens is 521 g/mol. The second-order valence-electron chi connectivity index (χ2n) is 10.5. The number of piperazine rings is 1. The van der Waals surface area contributed by atoms with Gasteiger partial charge >= 0.3 is 0 Å². The number of carbonyl (C=O) groups excluding carboxylic acids is 1. The Bertz CT molecular complexity index is 1650. The van der Waals surface area contributed by atoms with Crippen molar-refractivity contribution in [3.8, 4) is 11.1 Å². The number of hydrogen-bond donors (Lipinski definition) is 1. The summed E-state index contributed by atoms with van der Waals surface area (Å²) in [5.41, 5.74) is 1.44. The number of alkyl halides is 2. The van der Waals surface area contributed by atoms with Crippen molar-refractivity contribution in [3.05, 3.63) is 76.2 Å². The van der Waals surface area contributed by atoms with Crippen molar-refractivity contribution >= 4 is 28.3 Å². The van der Waals surface area contributed by atoms with Crippen molar-refractivity contribution in [2.75, 3.05) is 30.4 Å². The molecule has 3 heterocycles. The highest BCUT2D eigenvalue weighted by molar-refractivity contribution is 6.07. The molecule has 2 aromatic heterocycles. The van der Waals surface area contributed by atoms with Crippen molar-refractivity contribution in [2.24, 2.45) is 14.1 Å². The summed E-state index contributed by atoms with van der Waals surface area (Å²) in [6.07, 6.45) is -0.260. The lowest BCUT2D eigenvalue weighted by Gasteiger charge is -2.44. The fourth-order valence-electron chi connectivity index (χ4n) is 5.25. The van der Waals surface area contributed by atoms with Crippen molar-refractivity contribution in [1.29, 1.82) is 0 Å². The first-order valence-corrected chi connectivity index (χ1v) is 13.0. The molecule has 1 aliphatic heterocycles. The second kappa shape index (κ2) is 10.5. The van der Waals surface area contributed by atoms with Crippen molar-refractivity contribution in [2.45, 2.75) is 32.4 Å². The van der Waals surface area contributed by atoms with E-state index in [4.69, 9.17) is 0 Å². The lowest BCUT2D eigenvalue weighted by Crippen LogP contribution is -2.55. The zero-order valence-corrected chi connectivity index (χ0v) is 23.0. The first kappa shape index (κ1) is 27.4. The molecule has 1 saturated heterocycles. The van der Waals surface area contributed by atoms with E-state index in [2.05, 4.69) is 29.0 Å². The summed E-state index contributed by atoms with van der Waals surface area (Å²) in [7, 11) is 5.28. The zero-order chi connectivity index (χ0) is 28.9. The molecule has 0 saturated carbocycles. The Kier molecular flexibility index (Phi) is 7.17. The maximum Gasteiger partial charge on any atom is 0.264 e. The molecule has 1 fully saturated rings. The van der Waals surface area contributed by atoms with Gasteiger partial charge in [0.25, 0.3) is 17.9 Å². The van der Waals surface area contributed by atoms with Crippen LogP contribution in [0, 0.1) is 5.82 Å². The number of aryl methyl sites for hydroxylation is 2. The van der Waals surface area contributed by atoms with Gasteiger partial charge in [-0.3, -0.25) is 14.5 Å². The molecular formula is C29H31F3N6O2. The summed E-state index contributed by atoms with van der Waals surface area (Å²) >= 11 is 0. The van der Waals surface area contributed by atoms with Crippen LogP contribution in [0.25, 0.3) is 22.2 Å². The third-order valence-corrected chi connectivity index (χ3v) is 7.81. The van der Waals surface area contributed by atoms with Gasteiger partial charge in [-0.25, -0.2) is 18.2 Å². The molecule has 2 atom stereocenters. The molecule has 4 aromatic rings. The Hall–Kier alpha value is -4.12. The molecule has 0 bridgehead atoms. The number of pyridine rings is 1. The Labute approximate surface area is 229 Å². The Morgan fingerprint density at radius 2 is 1.73 bits per heavy atom. The van der Waals surface area contributed by atoms with E-state index in [1.807, 2.05) is 29.6 Å². The van der Waals surface area contributed by atoms with Crippen LogP contribution in [0.2, 0.25) is 0 Å². The van der Waals surface area contributed by atoms with Crippen LogP contribution in [0.4, 0.5) is 24.5 Å². The van der Waals surface area contributed by atoms with Gasteiger partial charge in [-0.05, 0) is 50.7 Å². The molecule has 11 heteroatoms. The predicted octanol–water partition coefficient (Wildman–Crippen LogP) is 4.80. The van der Waals surface area contributed by atoms with Crippen LogP contribution in [0.3, 0.4) is 0 Å². The quantitative estimate of drug-likeness (QED) is 0.385. The number of anilines is 2. The number of fused-ring (bicyclic) bond motifs is 1. The van der Waals surface area contributed by atoms with Crippen molar-refractivity contribution in [1.82, 2.24) is 19.0 Å². The maximum atomic E-state index is 15.8. The summed E-state index contributed by atoms with van der Waals surface area (Å²) in [6, 6.07) is 9.36. The molecule has 2 aromatic carbocycles. The van der Waals surface area contributed by atoms with E-state index < -0.39 is 29.3 Å². The number of nitrogens with zero attached hydrogens (tertiary/aromatic N) is 5. The zero-order valence-electron chi connectivity index (χ0n) is 23.0. The third-order valence-electron chi connectivity index (χ3n) is 7.81. The van der Waals surface area contributed by atoms with Gasteiger partial charge in [0.2, 0.25) is 0 Å². The topological polar surface area (TPSA) is 75.4 Å². The third kappa shape index (κ3) is 4.97. The summed E-state index contributed by atoms with van der Waals surface area (Å²) in [5.74, 6) is -1.31. The van der Waals surface area contributed by atoms with E-state index in [0.29, 0.717) is 29.9 Å². The van der Waals surface area contributed by atoms with Crippen LogP contribution in [0.5, 0.6) is 0 Å². The highest BCUT2D eigenvalue weighted by atomic mass is 19.3. The van der Waals surface area contributed by atoms with Crippen LogP contribution < -0.4 is 15.8 Å². The van der Waals surface area contributed by atoms with Gasteiger partial charge in [-0.1, -0.05) is 6.07 Å². The largest absolute Gasteiger partial charge is 0.367 e. The first-order chi connectivity index (χ1) is 18.9. The average Bonchev–Trinajstić information content (AvgIpc) is 3.28. The second-order valence-corrected chi connectivity index (χ2v) is 10.5. The summed E-state index contributed by atoms with van der Waals surface area (Å²) in [4.78, 5) is 34.0. The highest BCUT2D eigenvalue weighted by Crippen LogP contribution is 2.37. The molecule has 0 spiro atoms. The Morgan fingerprint density at radius 3 is 2.40 bits per heavy atom. The normalized spacial score (nSPS) is 18.1. The van der Waals surface area contributed by atoms with Crippen molar-refractivity contribution < 1.29 is 18.0 Å².